The standard InChI is InChI=1S/C26H27F2N5O3/c1-16-2-4-18(5-3-16)23-14-33-22(15-36-23)24(30-31-33)26(35)32-8-6-19(7-9-32)25(34)29-13-17-10-20(27)12-21(28)11-17/h2-5,10-12,19,23H,6-9,13-15H2,1H3,(H,29,34)/t23-/m1/s1. The van der Waals surface area contributed by atoms with E-state index < -0.39 is 11.6 Å². The zero-order valence-electron chi connectivity index (χ0n) is 19.9. The molecule has 1 saturated heterocycles. The topological polar surface area (TPSA) is 89.4 Å². The molecule has 0 saturated carbocycles. The molecule has 36 heavy (non-hydrogen) atoms. The number of likely N-dealkylation sites (tertiary alicyclic amines) is 1. The maximum atomic E-state index is 13.3. The van der Waals surface area contributed by atoms with Crippen molar-refractivity contribution in [2.24, 2.45) is 5.92 Å². The molecule has 1 atom stereocenters. The Morgan fingerprint density at radius 3 is 2.47 bits per heavy atom. The van der Waals surface area contributed by atoms with Gasteiger partial charge in [-0.1, -0.05) is 35.0 Å². The largest absolute Gasteiger partial charge is 0.365 e. The van der Waals surface area contributed by atoms with E-state index in [-0.39, 0.29) is 42.7 Å². The number of nitrogens with zero attached hydrogens (tertiary/aromatic N) is 4. The summed E-state index contributed by atoms with van der Waals surface area (Å²) in [6, 6.07) is 11.3. The average molecular weight is 496 g/mol. The van der Waals surface area contributed by atoms with Gasteiger partial charge in [0.15, 0.2) is 5.69 Å². The van der Waals surface area contributed by atoms with Crippen LogP contribution in [-0.4, -0.2) is 44.8 Å². The van der Waals surface area contributed by atoms with Gasteiger partial charge < -0.3 is 15.0 Å². The first-order valence-electron chi connectivity index (χ1n) is 12.0. The second-order valence-electron chi connectivity index (χ2n) is 9.34. The summed E-state index contributed by atoms with van der Waals surface area (Å²) >= 11 is 0. The van der Waals surface area contributed by atoms with Crippen LogP contribution in [0.5, 0.6) is 0 Å². The van der Waals surface area contributed by atoms with Gasteiger partial charge in [0.2, 0.25) is 5.91 Å². The van der Waals surface area contributed by atoms with E-state index in [0.29, 0.717) is 43.7 Å². The molecule has 3 aromatic rings. The first-order valence-corrected chi connectivity index (χ1v) is 12.0. The zero-order valence-corrected chi connectivity index (χ0v) is 19.9. The number of benzene rings is 2. The third-order valence-electron chi connectivity index (χ3n) is 6.79. The van der Waals surface area contributed by atoms with Crippen LogP contribution in [-0.2, 0) is 29.2 Å². The lowest BCUT2D eigenvalue weighted by molar-refractivity contribution is -0.126. The quantitative estimate of drug-likeness (QED) is 0.587. The summed E-state index contributed by atoms with van der Waals surface area (Å²) in [4.78, 5) is 27.4. The highest BCUT2D eigenvalue weighted by Crippen LogP contribution is 2.28. The molecule has 2 aliphatic rings. The van der Waals surface area contributed by atoms with Crippen LogP contribution in [0.4, 0.5) is 8.78 Å². The fourth-order valence-electron chi connectivity index (χ4n) is 4.70. The number of aryl methyl sites for hydroxylation is 1. The van der Waals surface area contributed by atoms with Crippen LogP contribution < -0.4 is 5.32 Å². The van der Waals surface area contributed by atoms with E-state index in [1.54, 1.807) is 9.58 Å². The average Bonchev–Trinajstić information content (AvgIpc) is 3.30. The molecule has 5 rings (SSSR count). The van der Waals surface area contributed by atoms with Crippen molar-refractivity contribution in [1.82, 2.24) is 25.2 Å². The number of ether oxygens (including phenoxy) is 1. The van der Waals surface area contributed by atoms with Crippen molar-refractivity contribution in [2.75, 3.05) is 13.1 Å². The monoisotopic (exact) mass is 495 g/mol. The summed E-state index contributed by atoms with van der Waals surface area (Å²) in [5, 5.41) is 11.1. The van der Waals surface area contributed by atoms with E-state index >= 15 is 0 Å². The lowest BCUT2D eigenvalue weighted by Crippen LogP contribution is -2.43. The maximum absolute atomic E-state index is 13.3. The zero-order chi connectivity index (χ0) is 25.2. The molecule has 1 fully saturated rings. The molecular weight excluding hydrogens is 468 g/mol. The number of piperidine rings is 1. The Kier molecular flexibility index (Phi) is 6.77. The summed E-state index contributed by atoms with van der Waals surface area (Å²) in [6.07, 6.45) is 0.829. The number of fused-ring (bicyclic) bond motifs is 1. The summed E-state index contributed by atoms with van der Waals surface area (Å²) in [5.74, 6) is -2.05. The van der Waals surface area contributed by atoms with Crippen molar-refractivity contribution < 1.29 is 23.1 Å². The van der Waals surface area contributed by atoms with Gasteiger partial charge in [0.25, 0.3) is 5.91 Å². The molecule has 8 nitrogen and oxygen atoms in total. The van der Waals surface area contributed by atoms with Crippen LogP contribution in [0.15, 0.2) is 42.5 Å². The molecule has 0 aliphatic carbocycles. The van der Waals surface area contributed by atoms with Crippen LogP contribution in [0.2, 0.25) is 0 Å². The van der Waals surface area contributed by atoms with Crippen LogP contribution in [0.1, 0.15) is 51.8 Å². The van der Waals surface area contributed by atoms with E-state index in [2.05, 4.69) is 15.6 Å². The van der Waals surface area contributed by atoms with Gasteiger partial charge in [-0.05, 0) is 43.0 Å². The van der Waals surface area contributed by atoms with Crippen molar-refractivity contribution in [3.05, 3.63) is 82.2 Å². The Bertz CT molecular complexity index is 1250. The normalized spacial score (nSPS) is 18.1. The molecule has 2 aliphatic heterocycles. The number of nitrogens with one attached hydrogen (secondary N) is 1. The summed E-state index contributed by atoms with van der Waals surface area (Å²) in [6.45, 7) is 3.61. The van der Waals surface area contributed by atoms with Gasteiger partial charge in [-0.15, -0.1) is 5.10 Å². The Hall–Kier alpha value is -3.66. The summed E-state index contributed by atoms with van der Waals surface area (Å²) < 4.78 is 34.5. The van der Waals surface area contributed by atoms with Gasteiger partial charge >= 0.3 is 0 Å². The minimum absolute atomic E-state index is 0.0444. The Labute approximate surface area is 207 Å². The molecule has 0 radical (unpaired) electrons. The lowest BCUT2D eigenvalue weighted by atomic mass is 9.95. The highest BCUT2D eigenvalue weighted by Gasteiger charge is 2.33. The third-order valence-corrected chi connectivity index (χ3v) is 6.79. The number of hydrogen-bond donors (Lipinski definition) is 1. The molecule has 2 amide bonds. The number of amides is 2. The minimum Gasteiger partial charge on any atom is -0.365 e. The van der Waals surface area contributed by atoms with Gasteiger partial charge in [-0.2, -0.15) is 0 Å². The second kappa shape index (κ2) is 10.1. The van der Waals surface area contributed by atoms with Crippen LogP contribution in [0, 0.1) is 24.5 Å². The molecule has 3 heterocycles. The molecule has 0 spiro atoms. The van der Waals surface area contributed by atoms with Gasteiger partial charge in [0.1, 0.15) is 17.7 Å². The minimum atomic E-state index is -0.682. The van der Waals surface area contributed by atoms with Crippen molar-refractivity contribution >= 4 is 11.8 Å². The van der Waals surface area contributed by atoms with Crippen molar-refractivity contribution in [3.63, 3.8) is 0 Å². The molecule has 1 aromatic heterocycles. The van der Waals surface area contributed by atoms with E-state index in [4.69, 9.17) is 4.74 Å². The Morgan fingerprint density at radius 2 is 1.78 bits per heavy atom. The van der Waals surface area contributed by atoms with E-state index in [1.807, 2.05) is 31.2 Å². The highest BCUT2D eigenvalue weighted by atomic mass is 19.1. The number of halogens is 2. The van der Waals surface area contributed by atoms with Gasteiger partial charge in [-0.3, -0.25) is 9.59 Å². The van der Waals surface area contributed by atoms with E-state index in [0.717, 1.165) is 11.6 Å². The molecule has 1 N–H and O–H groups in total. The van der Waals surface area contributed by atoms with Gasteiger partial charge in [-0.25, -0.2) is 13.5 Å². The van der Waals surface area contributed by atoms with Crippen molar-refractivity contribution in [2.45, 2.75) is 45.6 Å². The maximum Gasteiger partial charge on any atom is 0.276 e. The fourth-order valence-corrected chi connectivity index (χ4v) is 4.70. The fraction of sp³-hybridized carbons (Fsp3) is 0.385. The van der Waals surface area contributed by atoms with E-state index in [1.165, 1.54) is 17.7 Å². The van der Waals surface area contributed by atoms with Crippen LogP contribution >= 0.6 is 0 Å². The summed E-state index contributed by atoms with van der Waals surface area (Å²) in [5.41, 5.74) is 3.53. The highest BCUT2D eigenvalue weighted by molar-refractivity contribution is 5.93. The van der Waals surface area contributed by atoms with Gasteiger partial charge in [0.05, 0.1) is 18.8 Å². The molecule has 0 unspecified atom stereocenters. The third kappa shape index (κ3) is 5.13. The van der Waals surface area contributed by atoms with E-state index in [9.17, 15) is 18.4 Å². The predicted octanol–water partition coefficient (Wildman–Crippen LogP) is 3.30. The molecule has 2 aromatic carbocycles. The van der Waals surface area contributed by atoms with Crippen molar-refractivity contribution in [3.8, 4) is 0 Å². The predicted molar refractivity (Wildman–Crippen MR) is 126 cm³/mol. The number of aromatic nitrogens is 3. The molecule has 10 heteroatoms. The number of rotatable bonds is 5. The number of hydrogen-bond acceptors (Lipinski definition) is 5. The number of carbonyl (C=O) groups is 2. The SMILES string of the molecule is Cc1ccc([C@H]2Cn3nnc(C(=O)N4CCC(C(=O)NCc5cc(F)cc(F)c5)CC4)c3CO2)cc1. The van der Waals surface area contributed by atoms with Crippen LogP contribution in [0.25, 0.3) is 0 Å². The number of carbonyl (C=O) groups excluding carboxylic acids is 2. The first kappa shape index (κ1) is 24.1. The molecular formula is C26H27F2N5O3. The Balaban J connectivity index is 1.15. The Morgan fingerprint density at radius 1 is 1.08 bits per heavy atom. The molecule has 188 valence electrons. The smallest absolute Gasteiger partial charge is 0.276 e. The summed E-state index contributed by atoms with van der Waals surface area (Å²) in [7, 11) is 0. The van der Waals surface area contributed by atoms with Crippen molar-refractivity contribution in [1.29, 1.82) is 0 Å². The lowest BCUT2D eigenvalue weighted by Gasteiger charge is -2.31. The second-order valence-corrected chi connectivity index (χ2v) is 9.34. The van der Waals surface area contributed by atoms with Gasteiger partial charge in [0, 0.05) is 31.6 Å². The first-order chi connectivity index (χ1) is 17.4. The molecule has 0 bridgehead atoms. The van der Waals surface area contributed by atoms with Crippen LogP contribution in [0.3, 0.4) is 0 Å².